The molecule has 0 aliphatic rings. The number of nitrogens with zero attached hydrogens (tertiary/aromatic N) is 2. The maximum Gasteiger partial charge on any atom is 0.258 e. The maximum absolute atomic E-state index is 13.3. The Balaban J connectivity index is 2.55. The van der Waals surface area contributed by atoms with Crippen molar-refractivity contribution in [2.45, 2.75) is 20.0 Å². The molecule has 0 aliphatic carbocycles. The smallest absolute Gasteiger partial charge is 0.258 e. The van der Waals surface area contributed by atoms with Crippen molar-refractivity contribution in [3.63, 3.8) is 0 Å². The van der Waals surface area contributed by atoms with E-state index in [1.807, 2.05) is 13.8 Å². The first-order valence-electron chi connectivity index (χ1n) is 5.50. The summed E-state index contributed by atoms with van der Waals surface area (Å²) in [6.45, 7) is 4.69. The highest BCUT2D eigenvalue weighted by molar-refractivity contribution is 5.93. The Hall–Kier alpha value is -1.49. The average Bonchev–Trinajstić information content (AvgIpc) is 2.28. The highest BCUT2D eigenvalue weighted by Gasteiger charge is 2.16. The van der Waals surface area contributed by atoms with Crippen LogP contribution >= 0.6 is 0 Å². The Morgan fingerprint density at radius 2 is 2.29 bits per heavy atom. The summed E-state index contributed by atoms with van der Waals surface area (Å²) >= 11 is 0. The predicted octanol–water partition coefficient (Wildman–Crippen LogP) is 1.72. The summed E-state index contributed by atoms with van der Waals surface area (Å²) in [5, 5.41) is 0. The van der Waals surface area contributed by atoms with E-state index in [1.165, 1.54) is 23.2 Å². The molecule has 17 heavy (non-hydrogen) atoms. The number of rotatable bonds is 5. The molecule has 0 aliphatic heterocycles. The highest BCUT2D eigenvalue weighted by atomic mass is 19.1. The molecule has 1 heterocycles. The summed E-state index contributed by atoms with van der Waals surface area (Å²) in [4.78, 5) is 16.7. The first-order chi connectivity index (χ1) is 8.02. The van der Waals surface area contributed by atoms with Crippen LogP contribution in [0.3, 0.4) is 0 Å². The molecule has 0 bridgehead atoms. The molecule has 0 saturated heterocycles. The van der Waals surface area contributed by atoms with Gasteiger partial charge >= 0.3 is 0 Å². The molecule has 1 amide bonds. The van der Waals surface area contributed by atoms with Crippen LogP contribution < -0.4 is 0 Å². The van der Waals surface area contributed by atoms with Crippen molar-refractivity contribution in [2.75, 3.05) is 20.2 Å². The minimum absolute atomic E-state index is 0.0143. The number of carbonyl (C=O) groups excluding carboxylic acids is 1. The zero-order valence-corrected chi connectivity index (χ0v) is 10.3. The van der Waals surface area contributed by atoms with Gasteiger partial charge in [-0.1, -0.05) is 0 Å². The van der Waals surface area contributed by atoms with E-state index in [1.54, 1.807) is 7.05 Å². The Labute approximate surface area is 100 Å². The van der Waals surface area contributed by atoms with Gasteiger partial charge in [0, 0.05) is 19.8 Å². The fourth-order valence-corrected chi connectivity index (χ4v) is 1.28. The van der Waals surface area contributed by atoms with Gasteiger partial charge in [-0.15, -0.1) is 0 Å². The van der Waals surface area contributed by atoms with E-state index in [2.05, 4.69) is 4.98 Å². The number of halogens is 1. The fraction of sp³-hybridized carbons (Fsp3) is 0.500. The van der Waals surface area contributed by atoms with Crippen LogP contribution in [0.1, 0.15) is 24.2 Å². The van der Waals surface area contributed by atoms with Crippen LogP contribution in [-0.4, -0.2) is 42.1 Å². The molecule has 0 spiro atoms. The molecular formula is C12H17FN2O2. The minimum Gasteiger partial charge on any atom is -0.377 e. The molecule has 0 radical (unpaired) electrons. The third-order valence-corrected chi connectivity index (χ3v) is 2.21. The van der Waals surface area contributed by atoms with Crippen LogP contribution in [0.25, 0.3) is 0 Å². The number of carbonyl (C=O) groups is 1. The summed E-state index contributed by atoms with van der Waals surface area (Å²) < 4.78 is 18.6. The van der Waals surface area contributed by atoms with E-state index in [-0.39, 0.29) is 17.6 Å². The average molecular weight is 240 g/mol. The van der Waals surface area contributed by atoms with Crippen molar-refractivity contribution in [1.29, 1.82) is 0 Å². The lowest BCUT2D eigenvalue weighted by molar-refractivity contribution is 0.0529. The largest absolute Gasteiger partial charge is 0.377 e. The fourth-order valence-electron chi connectivity index (χ4n) is 1.28. The van der Waals surface area contributed by atoms with Crippen LogP contribution in [0.4, 0.5) is 4.39 Å². The van der Waals surface area contributed by atoms with Gasteiger partial charge in [0.2, 0.25) is 5.95 Å². The molecule has 0 unspecified atom stereocenters. The Morgan fingerprint density at radius 3 is 2.88 bits per heavy atom. The quantitative estimate of drug-likeness (QED) is 0.736. The first-order valence-corrected chi connectivity index (χ1v) is 5.50. The lowest BCUT2D eigenvalue weighted by Crippen LogP contribution is -2.31. The summed E-state index contributed by atoms with van der Waals surface area (Å²) in [6.07, 6.45) is 1.43. The number of hydrogen-bond donors (Lipinski definition) is 0. The normalized spacial score (nSPS) is 10.6. The van der Waals surface area contributed by atoms with E-state index >= 15 is 0 Å². The number of ether oxygens (including phenoxy) is 1. The second-order valence-electron chi connectivity index (χ2n) is 3.99. The van der Waals surface area contributed by atoms with E-state index in [9.17, 15) is 9.18 Å². The standard InChI is InChI=1S/C12H17FN2O2/c1-9(2)17-8-7-15(3)12(16)10-5-4-6-14-11(10)13/h4-6,9H,7-8H2,1-3H3. The van der Waals surface area contributed by atoms with Crippen LogP contribution in [0.15, 0.2) is 18.3 Å². The number of amides is 1. The number of aromatic nitrogens is 1. The van der Waals surface area contributed by atoms with Crippen LogP contribution in [-0.2, 0) is 4.74 Å². The second kappa shape index (κ2) is 6.30. The molecule has 1 aromatic rings. The summed E-state index contributed by atoms with van der Waals surface area (Å²) in [5.41, 5.74) is -0.0143. The van der Waals surface area contributed by atoms with E-state index in [0.717, 1.165) is 0 Å². The van der Waals surface area contributed by atoms with Crippen LogP contribution in [0.5, 0.6) is 0 Å². The third-order valence-electron chi connectivity index (χ3n) is 2.21. The van der Waals surface area contributed by atoms with Gasteiger partial charge < -0.3 is 9.64 Å². The molecule has 4 nitrogen and oxygen atoms in total. The maximum atomic E-state index is 13.3. The molecule has 5 heteroatoms. The molecule has 1 aromatic heterocycles. The Kier molecular flexibility index (Phi) is 5.03. The van der Waals surface area contributed by atoms with Gasteiger partial charge in [-0.3, -0.25) is 4.79 Å². The summed E-state index contributed by atoms with van der Waals surface area (Å²) in [6, 6.07) is 2.96. The lowest BCUT2D eigenvalue weighted by atomic mass is 10.2. The van der Waals surface area contributed by atoms with E-state index in [0.29, 0.717) is 13.2 Å². The molecule has 0 fully saturated rings. The Morgan fingerprint density at radius 1 is 1.59 bits per heavy atom. The van der Waals surface area contributed by atoms with Gasteiger partial charge in [-0.05, 0) is 26.0 Å². The summed E-state index contributed by atoms with van der Waals surface area (Å²) in [5.74, 6) is -1.13. The van der Waals surface area contributed by atoms with Gasteiger partial charge in [-0.25, -0.2) is 4.98 Å². The number of hydrogen-bond acceptors (Lipinski definition) is 3. The molecule has 0 aromatic carbocycles. The van der Waals surface area contributed by atoms with Gasteiger partial charge in [0.25, 0.3) is 5.91 Å². The number of pyridine rings is 1. The third kappa shape index (κ3) is 4.11. The number of likely N-dealkylation sites (N-methyl/N-ethyl adjacent to an activating group) is 1. The van der Waals surface area contributed by atoms with Crippen LogP contribution in [0.2, 0.25) is 0 Å². The van der Waals surface area contributed by atoms with Crippen molar-refractivity contribution < 1.29 is 13.9 Å². The zero-order valence-electron chi connectivity index (χ0n) is 10.3. The van der Waals surface area contributed by atoms with Crippen molar-refractivity contribution in [3.05, 3.63) is 29.8 Å². The monoisotopic (exact) mass is 240 g/mol. The zero-order chi connectivity index (χ0) is 12.8. The van der Waals surface area contributed by atoms with E-state index in [4.69, 9.17) is 4.74 Å². The van der Waals surface area contributed by atoms with E-state index < -0.39 is 5.95 Å². The van der Waals surface area contributed by atoms with Crippen LogP contribution in [0, 0.1) is 5.95 Å². The Bertz CT molecular complexity index is 383. The molecule has 0 saturated carbocycles. The van der Waals surface area contributed by atoms with Gasteiger partial charge in [0.05, 0.1) is 18.3 Å². The first kappa shape index (κ1) is 13.6. The molecular weight excluding hydrogens is 223 g/mol. The van der Waals surface area contributed by atoms with Crippen molar-refractivity contribution in [3.8, 4) is 0 Å². The van der Waals surface area contributed by atoms with Gasteiger partial charge in [0.15, 0.2) is 0 Å². The SMILES string of the molecule is CC(C)OCCN(C)C(=O)c1cccnc1F. The summed E-state index contributed by atoms with van der Waals surface area (Å²) in [7, 11) is 1.61. The lowest BCUT2D eigenvalue weighted by Gasteiger charge is -2.18. The molecule has 0 atom stereocenters. The van der Waals surface area contributed by atoms with Crippen molar-refractivity contribution in [2.24, 2.45) is 0 Å². The van der Waals surface area contributed by atoms with Gasteiger partial charge in [0.1, 0.15) is 0 Å². The van der Waals surface area contributed by atoms with Gasteiger partial charge in [-0.2, -0.15) is 4.39 Å². The van der Waals surface area contributed by atoms with Crippen molar-refractivity contribution >= 4 is 5.91 Å². The minimum atomic E-state index is -0.742. The molecule has 94 valence electrons. The topological polar surface area (TPSA) is 42.4 Å². The van der Waals surface area contributed by atoms with Crippen molar-refractivity contribution in [1.82, 2.24) is 9.88 Å². The second-order valence-corrected chi connectivity index (χ2v) is 3.99. The highest BCUT2D eigenvalue weighted by Crippen LogP contribution is 2.06. The molecule has 1 rings (SSSR count). The molecule has 0 N–H and O–H groups in total. The predicted molar refractivity (Wildman–Crippen MR) is 62.2 cm³/mol.